The van der Waals surface area contributed by atoms with Crippen LogP contribution in [0, 0.1) is 6.92 Å². The van der Waals surface area contributed by atoms with Gasteiger partial charge < -0.3 is 14.2 Å². The van der Waals surface area contributed by atoms with Crippen molar-refractivity contribution in [2.24, 2.45) is 0 Å². The fourth-order valence-corrected chi connectivity index (χ4v) is 4.53. The number of halogens is 1. The van der Waals surface area contributed by atoms with E-state index in [1.54, 1.807) is 13.2 Å². The highest BCUT2D eigenvalue weighted by Gasteiger charge is 2.35. The molecule has 6 heteroatoms. The van der Waals surface area contributed by atoms with Crippen LogP contribution < -0.4 is 14.2 Å². The number of Topliss-reactive ketones (excluding diaryl/α,β-unsaturated/α-hetero) is 1. The van der Waals surface area contributed by atoms with Crippen molar-refractivity contribution >= 4 is 27.8 Å². The average molecular weight is 492 g/mol. The van der Waals surface area contributed by atoms with Gasteiger partial charge in [0.15, 0.2) is 5.76 Å². The van der Waals surface area contributed by atoms with Crippen molar-refractivity contribution in [1.29, 1.82) is 0 Å². The molecule has 0 aliphatic carbocycles. The highest BCUT2D eigenvalue weighted by Crippen LogP contribution is 2.44. The van der Waals surface area contributed by atoms with Crippen molar-refractivity contribution < 1.29 is 19.0 Å². The van der Waals surface area contributed by atoms with Crippen LogP contribution in [0.2, 0.25) is 0 Å². The van der Waals surface area contributed by atoms with Gasteiger partial charge in [-0.3, -0.25) is 9.69 Å². The number of hydrogen-bond donors (Lipinski definition) is 0. The lowest BCUT2D eigenvalue weighted by Gasteiger charge is -2.30. The Morgan fingerprint density at radius 3 is 2.72 bits per heavy atom. The van der Waals surface area contributed by atoms with Crippen molar-refractivity contribution in [3.63, 3.8) is 0 Å². The normalized spacial score (nSPS) is 16.3. The molecule has 3 aromatic carbocycles. The van der Waals surface area contributed by atoms with E-state index in [0.29, 0.717) is 30.3 Å². The first kappa shape index (κ1) is 20.8. The molecule has 0 saturated carbocycles. The number of fused-ring (bicyclic) bond motifs is 3. The summed E-state index contributed by atoms with van der Waals surface area (Å²) in [7, 11) is 1.66. The van der Waals surface area contributed by atoms with Crippen LogP contribution >= 0.6 is 15.9 Å². The molecule has 0 saturated heterocycles. The molecule has 2 aliphatic rings. The minimum Gasteiger partial charge on any atom is -0.497 e. The largest absolute Gasteiger partial charge is 0.497 e. The number of carbonyl (C=O) groups is 1. The second kappa shape index (κ2) is 8.45. The quantitative estimate of drug-likeness (QED) is 0.435. The number of nitrogens with zero attached hydrogens (tertiary/aromatic N) is 1. The lowest BCUT2D eigenvalue weighted by atomic mass is 9.98. The van der Waals surface area contributed by atoms with Crippen molar-refractivity contribution in [2.45, 2.75) is 20.0 Å². The zero-order valence-corrected chi connectivity index (χ0v) is 19.4. The molecular weight excluding hydrogens is 470 g/mol. The van der Waals surface area contributed by atoms with Gasteiger partial charge in [-0.15, -0.1) is 0 Å². The zero-order chi connectivity index (χ0) is 22.2. The van der Waals surface area contributed by atoms with Gasteiger partial charge in [-0.05, 0) is 60.0 Å². The molecule has 0 unspecified atom stereocenters. The molecule has 0 radical (unpaired) electrons. The molecule has 2 heterocycles. The smallest absolute Gasteiger partial charge is 0.232 e. The molecule has 0 atom stereocenters. The molecule has 0 bridgehead atoms. The highest BCUT2D eigenvalue weighted by atomic mass is 79.9. The van der Waals surface area contributed by atoms with E-state index in [4.69, 9.17) is 14.2 Å². The van der Waals surface area contributed by atoms with Crippen molar-refractivity contribution in [1.82, 2.24) is 4.90 Å². The maximum atomic E-state index is 13.2. The minimum atomic E-state index is -0.0902. The Bertz CT molecular complexity index is 1230. The standard InChI is InChI=1S/C26H22BrNO4/c1-16-10-22-21(14-28(15-31-22)13-17-6-8-20(30-2)9-7-17)26-24(16)25(29)23(32-26)12-18-4-3-5-19(27)11-18/h3-12H,13-15H2,1-2H3/b23-12-. The third-order valence-corrected chi connectivity index (χ3v) is 6.19. The molecule has 5 nitrogen and oxygen atoms in total. The average Bonchev–Trinajstić information content (AvgIpc) is 3.12. The molecule has 32 heavy (non-hydrogen) atoms. The van der Waals surface area contributed by atoms with Gasteiger partial charge in [-0.2, -0.15) is 0 Å². The molecule has 0 spiro atoms. The molecular formula is C26H22BrNO4. The number of rotatable bonds is 4. The van der Waals surface area contributed by atoms with Crippen molar-refractivity contribution in [2.75, 3.05) is 13.8 Å². The Kier molecular flexibility index (Phi) is 5.49. The first-order valence-corrected chi connectivity index (χ1v) is 11.2. The third-order valence-electron chi connectivity index (χ3n) is 5.70. The minimum absolute atomic E-state index is 0.0902. The summed E-state index contributed by atoms with van der Waals surface area (Å²) in [6.07, 6.45) is 1.79. The van der Waals surface area contributed by atoms with E-state index in [1.807, 2.05) is 61.5 Å². The molecule has 0 aromatic heterocycles. The molecule has 0 fully saturated rings. The molecule has 3 aromatic rings. The number of allylic oxidation sites excluding steroid dienone is 1. The number of methoxy groups -OCH3 is 1. The molecule has 2 aliphatic heterocycles. The second-order valence-electron chi connectivity index (χ2n) is 7.98. The SMILES string of the molecule is COc1ccc(CN2COc3cc(C)c4c(c3C2)O/C(=C\c2cccc(Br)c2)C4=O)cc1. The molecule has 5 rings (SSSR count). The summed E-state index contributed by atoms with van der Waals surface area (Å²) >= 11 is 3.47. The van der Waals surface area contributed by atoms with Crippen LogP contribution in [-0.4, -0.2) is 24.5 Å². The van der Waals surface area contributed by atoms with Crippen LogP contribution in [0.3, 0.4) is 0 Å². The van der Waals surface area contributed by atoms with E-state index in [-0.39, 0.29) is 5.78 Å². The van der Waals surface area contributed by atoms with E-state index in [0.717, 1.165) is 44.8 Å². The van der Waals surface area contributed by atoms with Crippen LogP contribution in [0.4, 0.5) is 0 Å². The van der Waals surface area contributed by atoms with Crippen LogP contribution in [0.15, 0.2) is 64.8 Å². The maximum absolute atomic E-state index is 13.2. The Balaban J connectivity index is 1.43. The van der Waals surface area contributed by atoms with Gasteiger partial charge in [0.25, 0.3) is 0 Å². The monoisotopic (exact) mass is 491 g/mol. The number of ether oxygens (including phenoxy) is 3. The van der Waals surface area contributed by atoms with Gasteiger partial charge in [0.1, 0.15) is 24.0 Å². The fraction of sp³-hybridized carbons (Fsp3) is 0.192. The number of hydrogen-bond acceptors (Lipinski definition) is 5. The predicted molar refractivity (Wildman–Crippen MR) is 126 cm³/mol. The van der Waals surface area contributed by atoms with Gasteiger partial charge in [0.2, 0.25) is 5.78 Å². The number of ketones is 1. The Morgan fingerprint density at radius 1 is 1.16 bits per heavy atom. The maximum Gasteiger partial charge on any atom is 0.232 e. The van der Waals surface area contributed by atoms with Gasteiger partial charge in [0.05, 0.1) is 18.2 Å². The van der Waals surface area contributed by atoms with E-state index < -0.39 is 0 Å². The summed E-state index contributed by atoms with van der Waals surface area (Å²) in [4.78, 5) is 15.3. The van der Waals surface area contributed by atoms with Gasteiger partial charge in [-0.1, -0.05) is 40.2 Å². The van der Waals surface area contributed by atoms with Crippen molar-refractivity contribution in [3.05, 3.63) is 92.6 Å². The van der Waals surface area contributed by atoms with Gasteiger partial charge in [0, 0.05) is 17.6 Å². The topological polar surface area (TPSA) is 48.0 Å². The van der Waals surface area contributed by atoms with Crippen LogP contribution in [0.1, 0.15) is 32.6 Å². The van der Waals surface area contributed by atoms with Crippen LogP contribution in [0.25, 0.3) is 6.08 Å². The number of benzene rings is 3. The van der Waals surface area contributed by atoms with Gasteiger partial charge >= 0.3 is 0 Å². The lowest BCUT2D eigenvalue weighted by Crippen LogP contribution is -2.31. The number of carbonyl (C=O) groups excluding carboxylic acids is 1. The Labute approximate surface area is 195 Å². The Hall–Kier alpha value is -3.09. The second-order valence-corrected chi connectivity index (χ2v) is 8.89. The summed E-state index contributed by atoms with van der Waals surface area (Å²) in [6, 6.07) is 17.7. The summed E-state index contributed by atoms with van der Waals surface area (Å²) < 4.78 is 18.4. The first-order valence-electron chi connectivity index (χ1n) is 10.4. The third kappa shape index (κ3) is 3.92. The van der Waals surface area contributed by atoms with Crippen LogP contribution in [-0.2, 0) is 13.1 Å². The number of aryl methyl sites for hydroxylation is 1. The molecule has 0 amide bonds. The summed E-state index contributed by atoms with van der Waals surface area (Å²) in [6.45, 7) is 3.77. The van der Waals surface area contributed by atoms with E-state index in [9.17, 15) is 4.79 Å². The van der Waals surface area contributed by atoms with Crippen molar-refractivity contribution in [3.8, 4) is 17.2 Å². The van der Waals surface area contributed by atoms with E-state index in [2.05, 4.69) is 20.8 Å². The molecule has 0 N–H and O–H groups in total. The first-order chi connectivity index (χ1) is 15.5. The van der Waals surface area contributed by atoms with Gasteiger partial charge in [-0.25, -0.2) is 0 Å². The van der Waals surface area contributed by atoms with E-state index >= 15 is 0 Å². The van der Waals surface area contributed by atoms with Crippen LogP contribution in [0.5, 0.6) is 17.2 Å². The summed E-state index contributed by atoms with van der Waals surface area (Å²) in [5, 5.41) is 0. The van der Waals surface area contributed by atoms with E-state index in [1.165, 1.54) is 0 Å². The lowest BCUT2D eigenvalue weighted by molar-refractivity contribution is 0.0872. The fourth-order valence-electron chi connectivity index (χ4n) is 4.11. The predicted octanol–water partition coefficient (Wildman–Crippen LogP) is 5.73. The Morgan fingerprint density at radius 2 is 1.97 bits per heavy atom. The summed E-state index contributed by atoms with van der Waals surface area (Å²) in [5.41, 5.74) is 4.47. The molecule has 162 valence electrons. The zero-order valence-electron chi connectivity index (χ0n) is 17.9. The highest BCUT2D eigenvalue weighted by molar-refractivity contribution is 9.10. The summed E-state index contributed by atoms with van der Waals surface area (Å²) in [5.74, 6) is 2.47.